The number of carbonyl (C=O) groups is 2. The number of benzene rings is 2. The Morgan fingerprint density at radius 1 is 1.06 bits per heavy atom. The summed E-state index contributed by atoms with van der Waals surface area (Å²) in [6, 6.07) is 18.4. The van der Waals surface area contributed by atoms with E-state index in [-0.39, 0.29) is 11.9 Å². The van der Waals surface area contributed by atoms with E-state index < -0.39 is 0 Å². The van der Waals surface area contributed by atoms with Crippen LogP contribution in [0.25, 0.3) is 0 Å². The van der Waals surface area contributed by atoms with Gasteiger partial charge in [-0.15, -0.1) is 0 Å². The first kappa shape index (κ1) is 21.3. The molecule has 0 spiro atoms. The average Bonchev–Trinajstić information content (AvgIpc) is 2.79. The summed E-state index contributed by atoms with van der Waals surface area (Å²) in [4.78, 5) is 32.8. The lowest BCUT2D eigenvalue weighted by Crippen LogP contribution is -2.42. The Hall–Kier alpha value is -3.91. The lowest BCUT2D eigenvalue weighted by molar-refractivity contribution is 0.102. The van der Waals surface area contributed by atoms with Gasteiger partial charge in [-0.2, -0.15) is 0 Å². The Balaban J connectivity index is 1.45. The van der Waals surface area contributed by atoms with Crippen LogP contribution in [0, 0.1) is 0 Å². The van der Waals surface area contributed by atoms with Gasteiger partial charge in [0.2, 0.25) is 0 Å². The summed E-state index contributed by atoms with van der Waals surface area (Å²) < 4.78 is 0. The Morgan fingerprint density at radius 2 is 1.78 bits per heavy atom. The van der Waals surface area contributed by atoms with Crippen molar-refractivity contribution in [3.8, 4) is 0 Å². The Bertz CT molecular complexity index is 1100. The van der Waals surface area contributed by atoms with Gasteiger partial charge in [-0.3, -0.25) is 10.1 Å². The van der Waals surface area contributed by atoms with E-state index in [1.54, 1.807) is 23.2 Å². The van der Waals surface area contributed by atoms with Gasteiger partial charge in [-0.25, -0.2) is 9.78 Å². The fourth-order valence-electron chi connectivity index (χ4n) is 3.41. The maximum atomic E-state index is 12.4. The zero-order chi connectivity index (χ0) is 22.5. The van der Waals surface area contributed by atoms with Gasteiger partial charge in [0, 0.05) is 47.5 Å². The van der Waals surface area contributed by atoms with Crippen LogP contribution in [0.4, 0.5) is 27.7 Å². The normalized spacial score (nSPS) is 12.8. The van der Waals surface area contributed by atoms with Crippen LogP contribution in [0.15, 0.2) is 66.9 Å². The highest BCUT2D eigenvalue weighted by Crippen LogP contribution is 2.30. The molecule has 1 aromatic heterocycles. The smallest absolute Gasteiger partial charge is 0.323 e. The van der Waals surface area contributed by atoms with Gasteiger partial charge in [0.1, 0.15) is 5.82 Å². The van der Waals surface area contributed by atoms with Crippen molar-refractivity contribution in [3.63, 3.8) is 0 Å². The SMILES string of the molecule is CN(C)CCN1Cc2c(Nc3ccc(NC(=O)c4ccccc4)cc3)ccnc2NC1=O. The first-order valence-corrected chi connectivity index (χ1v) is 10.4. The number of urea groups is 1. The van der Waals surface area contributed by atoms with E-state index in [2.05, 4.69) is 20.9 Å². The third-order valence-corrected chi connectivity index (χ3v) is 5.19. The molecule has 8 nitrogen and oxygen atoms in total. The number of rotatable bonds is 7. The number of likely N-dealkylation sites (N-methyl/N-ethyl adjacent to an activating group) is 1. The van der Waals surface area contributed by atoms with E-state index in [1.165, 1.54) is 0 Å². The second kappa shape index (κ2) is 9.49. The molecule has 8 heteroatoms. The number of hydrogen-bond acceptors (Lipinski definition) is 5. The highest BCUT2D eigenvalue weighted by Gasteiger charge is 2.25. The third kappa shape index (κ3) is 5.04. The molecule has 0 atom stereocenters. The molecule has 3 aromatic rings. The maximum Gasteiger partial charge on any atom is 0.323 e. The lowest BCUT2D eigenvalue weighted by atomic mass is 10.1. The molecular formula is C24H26N6O2. The number of anilines is 4. The summed E-state index contributed by atoms with van der Waals surface area (Å²) in [6.45, 7) is 1.89. The average molecular weight is 431 g/mol. The van der Waals surface area contributed by atoms with Crippen LogP contribution in [-0.2, 0) is 6.54 Å². The number of amides is 3. The van der Waals surface area contributed by atoms with E-state index >= 15 is 0 Å². The largest absolute Gasteiger partial charge is 0.355 e. The number of pyridine rings is 1. The molecule has 164 valence electrons. The van der Waals surface area contributed by atoms with E-state index in [1.807, 2.05) is 67.5 Å². The van der Waals surface area contributed by atoms with Gasteiger partial charge in [0.25, 0.3) is 5.91 Å². The highest BCUT2D eigenvalue weighted by atomic mass is 16.2. The molecule has 0 fully saturated rings. The quantitative estimate of drug-likeness (QED) is 0.527. The molecule has 0 aliphatic carbocycles. The molecule has 32 heavy (non-hydrogen) atoms. The first-order valence-electron chi connectivity index (χ1n) is 10.4. The monoisotopic (exact) mass is 430 g/mol. The zero-order valence-electron chi connectivity index (χ0n) is 18.1. The molecule has 2 heterocycles. The maximum absolute atomic E-state index is 12.4. The molecule has 3 N–H and O–H groups in total. The van der Waals surface area contributed by atoms with Crippen LogP contribution in [0.1, 0.15) is 15.9 Å². The first-order chi connectivity index (χ1) is 15.5. The highest BCUT2D eigenvalue weighted by molar-refractivity contribution is 6.04. The van der Waals surface area contributed by atoms with Crippen molar-refractivity contribution in [3.05, 3.63) is 78.0 Å². The number of carbonyl (C=O) groups excluding carboxylic acids is 2. The molecule has 0 unspecified atom stereocenters. The Labute approximate surface area is 187 Å². The topological polar surface area (TPSA) is 89.6 Å². The summed E-state index contributed by atoms with van der Waals surface area (Å²) in [5.41, 5.74) is 4.01. The lowest BCUT2D eigenvalue weighted by Gasteiger charge is -2.31. The van der Waals surface area contributed by atoms with Crippen molar-refractivity contribution >= 4 is 34.8 Å². The molecule has 0 radical (unpaired) electrons. The van der Waals surface area contributed by atoms with Crippen LogP contribution in [0.2, 0.25) is 0 Å². The second-order valence-corrected chi connectivity index (χ2v) is 7.86. The molecule has 4 rings (SSSR count). The van der Waals surface area contributed by atoms with Crippen LogP contribution < -0.4 is 16.0 Å². The van der Waals surface area contributed by atoms with Crippen LogP contribution in [0.3, 0.4) is 0 Å². The molecule has 0 saturated carbocycles. The van der Waals surface area contributed by atoms with Crippen molar-refractivity contribution in [2.24, 2.45) is 0 Å². The number of fused-ring (bicyclic) bond motifs is 1. The van der Waals surface area contributed by atoms with Gasteiger partial charge in [-0.1, -0.05) is 18.2 Å². The molecule has 0 saturated heterocycles. The van der Waals surface area contributed by atoms with Crippen LogP contribution >= 0.6 is 0 Å². The molecule has 1 aliphatic heterocycles. The van der Waals surface area contributed by atoms with Crippen molar-refractivity contribution in [2.45, 2.75) is 6.54 Å². The van der Waals surface area contributed by atoms with E-state index in [0.717, 1.165) is 23.5 Å². The van der Waals surface area contributed by atoms with Crippen molar-refractivity contribution in [1.82, 2.24) is 14.8 Å². The minimum atomic E-state index is -0.150. The standard InChI is InChI=1S/C24H26N6O2/c1-29(2)14-15-30-16-20-21(12-13-25-22(20)28-24(30)32)26-18-8-10-19(11-9-18)27-23(31)17-6-4-3-5-7-17/h3-13H,14-16H2,1-2H3,(H,27,31)(H2,25,26,28,32). The minimum Gasteiger partial charge on any atom is -0.355 e. The third-order valence-electron chi connectivity index (χ3n) is 5.19. The number of hydrogen-bond donors (Lipinski definition) is 3. The summed E-state index contributed by atoms with van der Waals surface area (Å²) in [7, 11) is 3.96. The molecular weight excluding hydrogens is 404 g/mol. The molecule has 1 aliphatic rings. The van der Waals surface area contributed by atoms with Gasteiger partial charge in [-0.05, 0) is 56.6 Å². The number of nitrogens with one attached hydrogen (secondary N) is 3. The number of nitrogens with zero attached hydrogens (tertiary/aromatic N) is 3. The van der Waals surface area contributed by atoms with Crippen LogP contribution in [0.5, 0.6) is 0 Å². The summed E-state index contributed by atoms with van der Waals surface area (Å²) in [6.07, 6.45) is 1.67. The van der Waals surface area contributed by atoms with E-state index in [9.17, 15) is 9.59 Å². The van der Waals surface area contributed by atoms with Crippen molar-refractivity contribution in [1.29, 1.82) is 0 Å². The molecule has 0 bridgehead atoms. The van der Waals surface area contributed by atoms with E-state index in [0.29, 0.717) is 30.2 Å². The van der Waals surface area contributed by atoms with Crippen molar-refractivity contribution < 1.29 is 9.59 Å². The van der Waals surface area contributed by atoms with Gasteiger partial charge in [0.05, 0.1) is 6.54 Å². The fourth-order valence-corrected chi connectivity index (χ4v) is 3.41. The van der Waals surface area contributed by atoms with Gasteiger partial charge in [0.15, 0.2) is 0 Å². The van der Waals surface area contributed by atoms with Gasteiger partial charge >= 0.3 is 6.03 Å². The Morgan fingerprint density at radius 3 is 2.50 bits per heavy atom. The van der Waals surface area contributed by atoms with Gasteiger partial charge < -0.3 is 20.4 Å². The predicted octanol–water partition coefficient (Wildman–Crippen LogP) is 3.99. The van der Waals surface area contributed by atoms with Crippen LogP contribution in [-0.4, -0.2) is 53.9 Å². The Kier molecular flexibility index (Phi) is 6.32. The minimum absolute atomic E-state index is 0.137. The number of aromatic nitrogens is 1. The summed E-state index contributed by atoms with van der Waals surface area (Å²) >= 11 is 0. The fraction of sp³-hybridized carbons (Fsp3) is 0.208. The van der Waals surface area contributed by atoms with Crippen molar-refractivity contribution in [2.75, 3.05) is 43.1 Å². The molecule has 2 aromatic carbocycles. The molecule has 3 amide bonds. The zero-order valence-corrected chi connectivity index (χ0v) is 18.1. The van der Waals surface area contributed by atoms with E-state index in [4.69, 9.17) is 0 Å². The second-order valence-electron chi connectivity index (χ2n) is 7.86. The predicted molar refractivity (Wildman–Crippen MR) is 126 cm³/mol. The summed E-state index contributed by atoms with van der Waals surface area (Å²) in [5.74, 6) is 0.427. The summed E-state index contributed by atoms with van der Waals surface area (Å²) in [5, 5.41) is 9.18.